The Morgan fingerprint density at radius 1 is 0.613 bits per heavy atom. The lowest BCUT2D eigenvalue weighted by molar-refractivity contribution is 0.0683. The molecule has 4 rings (SSSR count). The number of carbonyl (C=O) groups is 2. The molecule has 4 heteroatoms. The van der Waals surface area contributed by atoms with Crippen LogP contribution in [0.1, 0.15) is 26.3 Å². The summed E-state index contributed by atoms with van der Waals surface area (Å²) in [6.07, 6.45) is 0. The summed E-state index contributed by atoms with van der Waals surface area (Å²) in [5.41, 5.74) is 3.20. The number of aryl methyl sites for hydroxylation is 1. The van der Waals surface area contributed by atoms with Gasteiger partial charge >= 0.3 is 11.9 Å². The van der Waals surface area contributed by atoms with Gasteiger partial charge in [0.1, 0.15) is 0 Å². The molecule has 0 saturated carbocycles. The van der Waals surface area contributed by atoms with Crippen molar-refractivity contribution < 1.29 is 19.1 Å². The maximum Gasteiger partial charge on any atom is 0.343 e. The first-order chi connectivity index (χ1) is 15.1. The predicted molar refractivity (Wildman–Crippen MR) is 119 cm³/mol. The van der Waals surface area contributed by atoms with Crippen LogP contribution >= 0.6 is 0 Å². The van der Waals surface area contributed by atoms with E-state index >= 15 is 0 Å². The molecule has 0 N–H and O–H groups in total. The third kappa shape index (κ3) is 4.70. The Hall–Kier alpha value is -4.18. The van der Waals surface area contributed by atoms with E-state index in [0.717, 1.165) is 11.1 Å². The first kappa shape index (κ1) is 20.1. The van der Waals surface area contributed by atoms with Gasteiger partial charge in [-0.05, 0) is 54.4 Å². The van der Waals surface area contributed by atoms with E-state index in [1.54, 1.807) is 54.6 Å². The van der Waals surface area contributed by atoms with Crippen LogP contribution in [-0.2, 0) is 0 Å². The van der Waals surface area contributed by atoms with E-state index in [1.807, 2.05) is 55.5 Å². The van der Waals surface area contributed by atoms with Gasteiger partial charge in [0, 0.05) is 5.56 Å². The van der Waals surface area contributed by atoms with E-state index in [1.165, 1.54) is 0 Å². The van der Waals surface area contributed by atoms with Crippen LogP contribution in [0.4, 0.5) is 0 Å². The summed E-state index contributed by atoms with van der Waals surface area (Å²) in [4.78, 5) is 25.5. The van der Waals surface area contributed by atoms with Crippen molar-refractivity contribution in [3.63, 3.8) is 0 Å². The third-order valence-corrected chi connectivity index (χ3v) is 4.70. The molecule has 0 radical (unpaired) electrons. The number of ether oxygens (including phenoxy) is 2. The van der Waals surface area contributed by atoms with Crippen LogP contribution in [0.25, 0.3) is 11.1 Å². The van der Waals surface area contributed by atoms with Crippen molar-refractivity contribution in [3.05, 3.63) is 120 Å². The topological polar surface area (TPSA) is 52.6 Å². The Morgan fingerprint density at radius 3 is 1.65 bits per heavy atom. The van der Waals surface area contributed by atoms with Gasteiger partial charge in [-0.15, -0.1) is 0 Å². The first-order valence-electron chi connectivity index (χ1n) is 9.86. The summed E-state index contributed by atoms with van der Waals surface area (Å²) in [6.45, 7) is 1.90. The maximum atomic E-state index is 12.8. The SMILES string of the molecule is Cc1cc(OC(=O)c2ccccc2)c(OC(=O)c2ccccc2)c(-c2ccccc2)c1. The zero-order valence-corrected chi connectivity index (χ0v) is 16.9. The van der Waals surface area contributed by atoms with Crippen LogP contribution in [0.2, 0.25) is 0 Å². The van der Waals surface area contributed by atoms with Gasteiger partial charge in [0.2, 0.25) is 0 Å². The molecule has 0 aliphatic rings. The molecule has 0 bridgehead atoms. The van der Waals surface area contributed by atoms with Gasteiger partial charge in [0.15, 0.2) is 11.5 Å². The minimum Gasteiger partial charge on any atom is -0.419 e. The number of esters is 2. The lowest BCUT2D eigenvalue weighted by atomic mass is 10.0. The van der Waals surface area contributed by atoms with E-state index in [0.29, 0.717) is 16.7 Å². The Bertz CT molecular complexity index is 1200. The van der Waals surface area contributed by atoms with E-state index in [-0.39, 0.29) is 11.5 Å². The molecule has 0 saturated heterocycles. The van der Waals surface area contributed by atoms with Crippen molar-refractivity contribution >= 4 is 11.9 Å². The van der Waals surface area contributed by atoms with Crippen LogP contribution in [0.15, 0.2) is 103 Å². The molecule has 0 spiro atoms. The van der Waals surface area contributed by atoms with Crippen molar-refractivity contribution in [2.24, 2.45) is 0 Å². The zero-order chi connectivity index (χ0) is 21.6. The number of benzene rings is 4. The highest BCUT2D eigenvalue weighted by molar-refractivity contribution is 5.95. The smallest absolute Gasteiger partial charge is 0.343 e. The van der Waals surface area contributed by atoms with Gasteiger partial charge in [-0.2, -0.15) is 0 Å². The van der Waals surface area contributed by atoms with Crippen molar-refractivity contribution in [2.45, 2.75) is 6.92 Å². The quantitative estimate of drug-likeness (QED) is 0.296. The van der Waals surface area contributed by atoms with Crippen LogP contribution in [0.3, 0.4) is 0 Å². The minimum atomic E-state index is -0.529. The summed E-state index contributed by atoms with van der Waals surface area (Å²) in [6, 6.07) is 30.5. The summed E-state index contributed by atoms with van der Waals surface area (Å²) < 4.78 is 11.5. The molecule has 0 aliphatic heterocycles. The zero-order valence-electron chi connectivity index (χ0n) is 16.9. The van der Waals surface area contributed by atoms with E-state index in [4.69, 9.17) is 9.47 Å². The second-order valence-corrected chi connectivity index (χ2v) is 7.02. The largest absolute Gasteiger partial charge is 0.419 e. The molecule has 0 atom stereocenters. The maximum absolute atomic E-state index is 12.8. The second kappa shape index (κ2) is 9.09. The summed E-state index contributed by atoms with van der Waals surface area (Å²) in [5.74, 6) is -0.659. The molecular formula is C27H20O4. The van der Waals surface area contributed by atoms with Crippen LogP contribution in [0.5, 0.6) is 11.5 Å². The summed E-state index contributed by atoms with van der Waals surface area (Å²) in [7, 11) is 0. The molecule has 0 fully saturated rings. The fourth-order valence-corrected chi connectivity index (χ4v) is 3.21. The van der Waals surface area contributed by atoms with Gasteiger partial charge < -0.3 is 9.47 Å². The fourth-order valence-electron chi connectivity index (χ4n) is 3.21. The fraction of sp³-hybridized carbons (Fsp3) is 0.0370. The Balaban J connectivity index is 1.78. The van der Waals surface area contributed by atoms with Crippen LogP contribution in [0, 0.1) is 6.92 Å². The molecule has 0 heterocycles. The highest BCUT2D eigenvalue weighted by Crippen LogP contribution is 2.40. The molecule has 4 nitrogen and oxygen atoms in total. The molecule has 0 unspecified atom stereocenters. The van der Waals surface area contributed by atoms with Crippen molar-refractivity contribution in [1.82, 2.24) is 0 Å². The lowest BCUT2D eigenvalue weighted by Crippen LogP contribution is -2.13. The van der Waals surface area contributed by atoms with Crippen molar-refractivity contribution in [1.29, 1.82) is 0 Å². The van der Waals surface area contributed by atoms with Crippen molar-refractivity contribution in [2.75, 3.05) is 0 Å². The second-order valence-electron chi connectivity index (χ2n) is 7.02. The Kier molecular flexibility index (Phi) is 5.90. The number of hydrogen-bond acceptors (Lipinski definition) is 4. The van der Waals surface area contributed by atoms with Gasteiger partial charge in [-0.1, -0.05) is 66.7 Å². The summed E-state index contributed by atoms with van der Waals surface area (Å²) in [5, 5.41) is 0. The van der Waals surface area contributed by atoms with Crippen LogP contribution in [-0.4, -0.2) is 11.9 Å². The molecule has 0 amide bonds. The molecule has 0 aromatic heterocycles. The Morgan fingerprint density at radius 2 is 1.10 bits per heavy atom. The highest BCUT2D eigenvalue weighted by Gasteiger charge is 2.21. The normalized spacial score (nSPS) is 10.4. The first-order valence-corrected chi connectivity index (χ1v) is 9.86. The molecule has 4 aromatic carbocycles. The predicted octanol–water partition coefficient (Wildman–Crippen LogP) is 6.10. The van der Waals surface area contributed by atoms with E-state index in [9.17, 15) is 9.59 Å². The Labute approximate surface area is 180 Å². The van der Waals surface area contributed by atoms with Gasteiger partial charge in [0.05, 0.1) is 11.1 Å². The average Bonchev–Trinajstić information content (AvgIpc) is 2.82. The molecule has 152 valence electrons. The van der Waals surface area contributed by atoms with Crippen LogP contribution < -0.4 is 9.47 Å². The average molecular weight is 408 g/mol. The van der Waals surface area contributed by atoms with Crippen molar-refractivity contribution in [3.8, 4) is 22.6 Å². The summed E-state index contributed by atoms with van der Waals surface area (Å²) >= 11 is 0. The minimum absolute atomic E-state index is 0.192. The highest BCUT2D eigenvalue weighted by atomic mass is 16.6. The standard InChI is InChI=1S/C27H20O4/c1-19-17-23(20-11-5-2-6-12-20)25(31-27(29)22-15-9-4-10-16-22)24(18-19)30-26(28)21-13-7-3-8-14-21/h2-18H,1H3. The molecule has 4 aromatic rings. The van der Waals surface area contributed by atoms with Gasteiger partial charge in [0.25, 0.3) is 0 Å². The number of carbonyl (C=O) groups excluding carboxylic acids is 2. The number of rotatable bonds is 5. The van der Waals surface area contributed by atoms with Gasteiger partial charge in [-0.3, -0.25) is 0 Å². The molecule has 0 aliphatic carbocycles. The molecular weight excluding hydrogens is 388 g/mol. The van der Waals surface area contributed by atoms with Gasteiger partial charge in [-0.25, -0.2) is 9.59 Å². The number of hydrogen-bond donors (Lipinski definition) is 0. The lowest BCUT2D eigenvalue weighted by Gasteiger charge is -2.16. The monoisotopic (exact) mass is 408 g/mol. The third-order valence-electron chi connectivity index (χ3n) is 4.70. The van der Waals surface area contributed by atoms with E-state index < -0.39 is 11.9 Å². The molecule has 31 heavy (non-hydrogen) atoms. The van der Waals surface area contributed by atoms with E-state index in [2.05, 4.69) is 0 Å².